The molecular formula is C17H21ClN4O5. The molecule has 146 valence electrons. The first-order valence-corrected chi connectivity index (χ1v) is 8.29. The quantitative estimate of drug-likeness (QED) is 0.671. The number of nitrogens with zero attached hydrogens (tertiary/aromatic N) is 2. The normalized spacial score (nSPS) is 15.7. The van der Waals surface area contributed by atoms with Crippen molar-refractivity contribution in [1.82, 2.24) is 20.8 Å². The van der Waals surface area contributed by atoms with Gasteiger partial charge in [-0.3, -0.25) is 4.79 Å². The molecule has 2 N–H and O–H groups in total. The van der Waals surface area contributed by atoms with Crippen molar-refractivity contribution in [3.05, 3.63) is 41.5 Å². The molecule has 10 heteroatoms. The zero-order chi connectivity index (χ0) is 18.4. The van der Waals surface area contributed by atoms with Gasteiger partial charge in [-0.1, -0.05) is 11.2 Å². The first-order chi connectivity index (χ1) is 12.7. The lowest BCUT2D eigenvalue weighted by Gasteiger charge is -2.08. The summed E-state index contributed by atoms with van der Waals surface area (Å²) in [6.45, 7) is 1.10. The highest BCUT2D eigenvalue weighted by molar-refractivity contribution is 5.89. The number of amides is 1. The van der Waals surface area contributed by atoms with Crippen LogP contribution in [0.2, 0.25) is 0 Å². The predicted molar refractivity (Wildman–Crippen MR) is 96.5 cm³/mol. The topological polar surface area (TPSA) is 116 Å². The lowest BCUT2D eigenvalue weighted by molar-refractivity contribution is -0.123. The first-order valence-electron chi connectivity index (χ1n) is 8.29. The fourth-order valence-electron chi connectivity index (χ4n) is 2.59. The van der Waals surface area contributed by atoms with Gasteiger partial charge in [0.15, 0.2) is 6.61 Å². The van der Waals surface area contributed by atoms with Crippen molar-refractivity contribution in [1.29, 1.82) is 0 Å². The van der Waals surface area contributed by atoms with E-state index in [4.69, 9.17) is 9.26 Å². The third kappa shape index (κ3) is 5.66. The number of hydrogen-bond acceptors (Lipinski definition) is 8. The molecule has 0 radical (unpaired) electrons. The Bertz CT molecular complexity index is 776. The summed E-state index contributed by atoms with van der Waals surface area (Å²) < 4.78 is 15.3. The summed E-state index contributed by atoms with van der Waals surface area (Å²) >= 11 is 0. The van der Waals surface area contributed by atoms with E-state index in [-0.39, 0.29) is 37.5 Å². The average molecular weight is 397 g/mol. The number of halogens is 1. The molecule has 0 saturated carbocycles. The second kappa shape index (κ2) is 9.89. The van der Waals surface area contributed by atoms with Gasteiger partial charge in [0.25, 0.3) is 0 Å². The molecular weight excluding hydrogens is 376 g/mol. The standard InChI is InChI=1S/C17H20N4O5.ClH/c1-24-17(23)11-4-2-5-12(8-11)25-10-14-20-15(26-21-14)9-19-16(22)13-6-3-7-18-13;/h2,4-5,8,13,18H,3,6-7,9-10H2,1H3,(H,19,22);1H. The van der Waals surface area contributed by atoms with Gasteiger partial charge in [0.05, 0.1) is 25.3 Å². The highest BCUT2D eigenvalue weighted by Crippen LogP contribution is 2.15. The Hall–Kier alpha value is -2.65. The minimum absolute atomic E-state index is 0. The van der Waals surface area contributed by atoms with Crippen LogP contribution in [0.15, 0.2) is 28.8 Å². The molecule has 1 saturated heterocycles. The summed E-state index contributed by atoms with van der Waals surface area (Å²) in [5, 5.41) is 9.70. The fourth-order valence-corrected chi connectivity index (χ4v) is 2.59. The van der Waals surface area contributed by atoms with Gasteiger partial charge in [-0.05, 0) is 37.6 Å². The van der Waals surface area contributed by atoms with Gasteiger partial charge < -0.3 is 24.6 Å². The molecule has 1 aromatic heterocycles. The van der Waals surface area contributed by atoms with Crippen LogP contribution in [-0.4, -0.2) is 41.7 Å². The number of nitrogens with one attached hydrogen (secondary N) is 2. The van der Waals surface area contributed by atoms with Crippen LogP contribution < -0.4 is 15.4 Å². The molecule has 3 rings (SSSR count). The number of aromatic nitrogens is 2. The molecule has 27 heavy (non-hydrogen) atoms. The molecule has 0 aliphatic carbocycles. The Morgan fingerprint density at radius 2 is 2.26 bits per heavy atom. The number of esters is 1. The molecule has 9 nitrogen and oxygen atoms in total. The van der Waals surface area contributed by atoms with Crippen LogP contribution in [0.4, 0.5) is 0 Å². The molecule has 1 atom stereocenters. The van der Waals surface area contributed by atoms with Crippen LogP contribution in [0.1, 0.15) is 34.9 Å². The van der Waals surface area contributed by atoms with Gasteiger partial charge in [0, 0.05) is 0 Å². The Morgan fingerprint density at radius 3 is 3.00 bits per heavy atom. The van der Waals surface area contributed by atoms with Gasteiger partial charge in [-0.25, -0.2) is 4.79 Å². The predicted octanol–water partition coefficient (Wildman–Crippen LogP) is 1.23. The Kier molecular flexibility index (Phi) is 7.56. The molecule has 1 aromatic carbocycles. The number of benzene rings is 1. The van der Waals surface area contributed by atoms with Crippen molar-refractivity contribution in [2.75, 3.05) is 13.7 Å². The van der Waals surface area contributed by atoms with Crippen molar-refractivity contribution in [2.24, 2.45) is 0 Å². The van der Waals surface area contributed by atoms with Gasteiger partial charge in [0.1, 0.15) is 5.75 Å². The van der Waals surface area contributed by atoms with E-state index in [0.29, 0.717) is 23.0 Å². The van der Waals surface area contributed by atoms with E-state index >= 15 is 0 Å². The van der Waals surface area contributed by atoms with E-state index in [1.54, 1.807) is 24.3 Å². The van der Waals surface area contributed by atoms with Crippen molar-refractivity contribution >= 4 is 24.3 Å². The number of rotatable bonds is 7. The van der Waals surface area contributed by atoms with Gasteiger partial charge >= 0.3 is 5.97 Å². The van der Waals surface area contributed by atoms with E-state index in [9.17, 15) is 9.59 Å². The highest BCUT2D eigenvalue weighted by atomic mass is 35.5. The Balaban J connectivity index is 0.00000261. The number of carbonyl (C=O) groups excluding carboxylic acids is 2. The molecule has 1 amide bonds. The maximum atomic E-state index is 11.9. The summed E-state index contributed by atoms with van der Waals surface area (Å²) in [5.74, 6) is 0.623. The zero-order valence-electron chi connectivity index (χ0n) is 14.8. The van der Waals surface area contributed by atoms with Crippen LogP contribution in [0, 0.1) is 0 Å². The molecule has 2 heterocycles. The minimum atomic E-state index is -0.440. The first kappa shape index (κ1) is 20.7. The number of carbonyl (C=O) groups is 2. The molecule has 0 spiro atoms. The Morgan fingerprint density at radius 1 is 1.41 bits per heavy atom. The smallest absolute Gasteiger partial charge is 0.337 e. The lowest BCUT2D eigenvalue weighted by atomic mass is 10.2. The third-order valence-corrected chi connectivity index (χ3v) is 3.92. The van der Waals surface area contributed by atoms with Gasteiger partial charge in [-0.2, -0.15) is 4.98 Å². The molecule has 1 aliphatic rings. The van der Waals surface area contributed by atoms with E-state index in [0.717, 1.165) is 19.4 Å². The van der Waals surface area contributed by atoms with Gasteiger partial charge in [0.2, 0.25) is 17.6 Å². The van der Waals surface area contributed by atoms with Crippen LogP contribution >= 0.6 is 12.4 Å². The molecule has 0 bridgehead atoms. The third-order valence-electron chi connectivity index (χ3n) is 3.92. The summed E-state index contributed by atoms with van der Waals surface area (Å²) in [6, 6.07) is 6.45. The van der Waals surface area contributed by atoms with Crippen LogP contribution in [0.25, 0.3) is 0 Å². The van der Waals surface area contributed by atoms with Gasteiger partial charge in [-0.15, -0.1) is 12.4 Å². The molecule has 1 unspecified atom stereocenters. The number of methoxy groups -OCH3 is 1. The second-order valence-corrected chi connectivity index (χ2v) is 5.78. The van der Waals surface area contributed by atoms with E-state index in [1.807, 2.05) is 0 Å². The Labute approximate surface area is 162 Å². The highest BCUT2D eigenvalue weighted by Gasteiger charge is 2.22. The van der Waals surface area contributed by atoms with Crippen LogP contribution in [0.3, 0.4) is 0 Å². The van der Waals surface area contributed by atoms with Crippen molar-refractivity contribution in [2.45, 2.75) is 32.0 Å². The minimum Gasteiger partial charge on any atom is -0.485 e. The number of ether oxygens (including phenoxy) is 2. The summed E-state index contributed by atoms with van der Waals surface area (Å²) in [7, 11) is 1.32. The van der Waals surface area contributed by atoms with E-state index in [1.165, 1.54) is 7.11 Å². The van der Waals surface area contributed by atoms with Crippen molar-refractivity contribution < 1.29 is 23.6 Å². The van der Waals surface area contributed by atoms with E-state index < -0.39 is 5.97 Å². The second-order valence-electron chi connectivity index (χ2n) is 5.78. The van der Waals surface area contributed by atoms with Crippen LogP contribution in [0.5, 0.6) is 5.75 Å². The lowest BCUT2D eigenvalue weighted by Crippen LogP contribution is -2.40. The summed E-state index contributed by atoms with van der Waals surface area (Å²) in [4.78, 5) is 27.6. The van der Waals surface area contributed by atoms with Crippen molar-refractivity contribution in [3.63, 3.8) is 0 Å². The molecule has 2 aromatic rings. The largest absolute Gasteiger partial charge is 0.485 e. The van der Waals surface area contributed by atoms with E-state index in [2.05, 4.69) is 25.5 Å². The fraction of sp³-hybridized carbons (Fsp3) is 0.412. The molecule has 1 fully saturated rings. The van der Waals surface area contributed by atoms with Crippen LogP contribution in [-0.2, 0) is 22.7 Å². The monoisotopic (exact) mass is 396 g/mol. The zero-order valence-corrected chi connectivity index (χ0v) is 15.6. The SMILES string of the molecule is COC(=O)c1cccc(OCc2noc(CNC(=O)C3CCCN3)n2)c1.Cl. The van der Waals surface area contributed by atoms with Crippen molar-refractivity contribution in [3.8, 4) is 5.75 Å². The summed E-state index contributed by atoms with van der Waals surface area (Å²) in [6.07, 6.45) is 1.83. The maximum absolute atomic E-state index is 11.9. The maximum Gasteiger partial charge on any atom is 0.337 e. The number of hydrogen-bond donors (Lipinski definition) is 2. The average Bonchev–Trinajstić information content (AvgIpc) is 3.36. The summed E-state index contributed by atoms with van der Waals surface area (Å²) in [5.41, 5.74) is 0.391. The molecule has 1 aliphatic heterocycles.